The van der Waals surface area contributed by atoms with Crippen molar-refractivity contribution in [3.8, 4) is 0 Å². The number of hydrogen-bond donors (Lipinski definition) is 2. The highest BCUT2D eigenvalue weighted by Gasteiger charge is 2.22. The zero-order chi connectivity index (χ0) is 20.3. The zero-order valence-corrected chi connectivity index (χ0v) is 17.5. The Morgan fingerprint density at radius 1 is 1.29 bits per heavy atom. The van der Waals surface area contributed by atoms with Crippen LogP contribution in [0, 0.1) is 0 Å². The average molecular weight is 439 g/mol. The molecule has 0 aliphatic carbocycles. The van der Waals surface area contributed by atoms with Crippen LogP contribution in [0.5, 0.6) is 0 Å². The molecule has 28 heavy (non-hydrogen) atoms. The van der Waals surface area contributed by atoms with Gasteiger partial charge in [0.1, 0.15) is 0 Å². The Labute approximate surface area is 173 Å². The predicted molar refractivity (Wildman–Crippen MR) is 112 cm³/mol. The average Bonchev–Trinajstić information content (AvgIpc) is 2.75. The molecule has 2 aromatic carbocycles. The van der Waals surface area contributed by atoms with Crippen molar-refractivity contribution in [1.29, 1.82) is 0 Å². The number of carbonyl (C=O) groups is 2. The summed E-state index contributed by atoms with van der Waals surface area (Å²) in [4.78, 5) is 24.9. The number of amides is 2. The Bertz CT molecular complexity index is 1020. The van der Waals surface area contributed by atoms with Gasteiger partial charge >= 0.3 is 0 Å². The highest BCUT2D eigenvalue weighted by molar-refractivity contribution is 8.00. The number of anilines is 2. The van der Waals surface area contributed by atoms with Crippen molar-refractivity contribution in [2.24, 2.45) is 0 Å². The first kappa shape index (κ1) is 20.7. The summed E-state index contributed by atoms with van der Waals surface area (Å²) < 4.78 is 25.3. The van der Waals surface area contributed by atoms with Crippen LogP contribution in [0.25, 0.3) is 0 Å². The molecule has 9 heteroatoms. The van der Waals surface area contributed by atoms with Crippen LogP contribution < -0.4 is 10.6 Å². The summed E-state index contributed by atoms with van der Waals surface area (Å²) in [6.45, 7) is 1.95. The molecular weight excluding hydrogens is 420 g/mol. The number of nitrogens with one attached hydrogen (secondary N) is 2. The SMILES string of the molecule is CC1CC(=O)Nc2cc(S(=O)(=O)CCC(=O)Nc3cccc(Cl)c3)ccc2S1. The number of carbonyl (C=O) groups excluding carboxylic acids is 2. The van der Waals surface area contributed by atoms with Crippen molar-refractivity contribution in [2.75, 3.05) is 16.4 Å². The Balaban J connectivity index is 1.69. The van der Waals surface area contributed by atoms with Gasteiger partial charge in [0.05, 0.1) is 16.3 Å². The van der Waals surface area contributed by atoms with Crippen LogP contribution >= 0.6 is 23.4 Å². The highest BCUT2D eigenvalue weighted by atomic mass is 35.5. The van der Waals surface area contributed by atoms with Gasteiger partial charge in [0.25, 0.3) is 0 Å². The first-order valence-electron chi connectivity index (χ1n) is 8.62. The fraction of sp³-hybridized carbons (Fsp3) is 0.263. The monoisotopic (exact) mass is 438 g/mol. The van der Waals surface area contributed by atoms with E-state index in [1.165, 1.54) is 23.9 Å². The van der Waals surface area contributed by atoms with E-state index in [1.807, 2.05) is 6.92 Å². The minimum atomic E-state index is -3.68. The number of hydrogen-bond acceptors (Lipinski definition) is 5. The third-order valence-electron chi connectivity index (χ3n) is 4.09. The molecule has 0 aromatic heterocycles. The lowest BCUT2D eigenvalue weighted by Crippen LogP contribution is -2.18. The Morgan fingerprint density at radius 3 is 2.82 bits per heavy atom. The molecule has 0 bridgehead atoms. The van der Waals surface area contributed by atoms with Gasteiger partial charge in [-0.05, 0) is 36.4 Å². The molecule has 1 aliphatic rings. The number of thioether (sulfide) groups is 1. The van der Waals surface area contributed by atoms with Crippen LogP contribution in [-0.2, 0) is 19.4 Å². The largest absolute Gasteiger partial charge is 0.326 e. The molecule has 0 spiro atoms. The van der Waals surface area contributed by atoms with Crippen LogP contribution in [0.2, 0.25) is 5.02 Å². The van der Waals surface area contributed by atoms with Gasteiger partial charge in [-0.15, -0.1) is 11.8 Å². The molecule has 0 saturated heterocycles. The highest BCUT2D eigenvalue weighted by Crippen LogP contribution is 2.36. The van der Waals surface area contributed by atoms with E-state index in [9.17, 15) is 18.0 Å². The molecule has 0 radical (unpaired) electrons. The summed E-state index contributed by atoms with van der Waals surface area (Å²) in [5.74, 6) is -0.900. The quantitative estimate of drug-likeness (QED) is 0.736. The van der Waals surface area contributed by atoms with Crippen molar-refractivity contribution >= 4 is 56.4 Å². The number of benzene rings is 2. The normalized spacial score (nSPS) is 16.6. The summed E-state index contributed by atoms with van der Waals surface area (Å²) in [6.07, 6.45) is 0.176. The van der Waals surface area contributed by atoms with E-state index in [0.717, 1.165) is 4.90 Å². The minimum absolute atomic E-state index is 0.0808. The maximum absolute atomic E-state index is 12.6. The van der Waals surface area contributed by atoms with Gasteiger partial charge in [-0.2, -0.15) is 0 Å². The number of halogens is 1. The second-order valence-electron chi connectivity index (χ2n) is 6.47. The summed E-state index contributed by atoms with van der Waals surface area (Å²) in [5.41, 5.74) is 0.998. The van der Waals surface area contributed by atoms with Crippen molar-refractivity contribution in [1.82, 2.24) is 0 Å². The first-order chi connectivity index (χ1) is 13.2. The molecule has 148 valence electrons. The third kappa shape index (κ3) is 5.27. The van der Waals surface area contributed by atoms with Crippen LogP contribution in [-0.4, -0.2) is 31.2 Å². The topological polar surface area (TPSA) is 92.3 Å². The van der Waals surface area contributed by atoms with Crippen molar-refractivity contribution in [3.63, 3.8) is 0 Å². The number of rotatable bonds is 5. The van der Waals surface area contributed by atoms with Crippen LogP contribution in [0.15, 0.2) is 52.3 Å². The fourth-order valence-corrected chi connectivity index (χ4v) is 5.26. The fourth-order valence-electron chi connectivity index (χ4n) is 2.76. The smallest absolute Gasteiger partial charge is 0.225 e. The third-order valence-corrected chi connectivity index (χ3v) is 7.22. The van der Waals surface area contributed by atoms with E-state index >= 15 is 0 Å². The molecule has 0 saturated carbocycles. The summed E-state index contributed by atoms with van der Waals surface area (Å²) >= 11 is 7.39. The molecule has 1 heterocycles. The lowest BCUT2D eigenvalue weighted by atomic mass is 10.3. The van der Waals surface area contributed by atoms with E-state index in [2.05, 4.69) is 10.6 Å². The molecule has 2 aromatic rings. The van der Waals surface area contributed by atoms with Gasteiger partial charge in [0.15, 0.2) is 9.84 Å². The molecule has 0 fully saturated rings. The molecule has 1 atom stereocenters. The second-order valence-corrected chi connectivity index (χ2v) is 10.5. The molecule has 6 nitrogen and oxygen atoms in total. The van der Waals surface area contributed by atoms with E-state index in [1.54, 1.807) is 30.3 Å². The van der Waals surface area contributed by atoms with Gasteiger partial charge in [-0.25, -0.2) is 8.42 Å². The Morgan fingerprint density at radius 2 is 2.07 bits per heavy atom. The molecule has 3 rings (SSSR count). The van der Waals surface area contributed by atoms with E-state index in [4.69, 9.17) is 11.6 Å². The summed E-state index contributed by atoms with van der Waals surface area (Å²) in [6, 6.07) is 11.3. The predicted octanol–water partition coefficient (Wildman–Crippen LogP) is 3.97. The first-order valence-corrected chi connectivity index (χ1v) is 11.5. The standard InChI is InChI=1S/C19H19ClN2O4S2/c1-12-9-19(24)22-16-11-15(5-6-17(16)27-12)28(25,26)8-7-18(23)21-14-4-2-3-13(20)10-14/h2-6,10-12H,7-9H2,1H3,(H,21,23)(H,22,24). The number of sulfone groups is 1. The van der Waals surface area contributed by atoms with Gasteiger partial charge in [-0.3, -0.25) is 9.59 Å². The molecule has 2 N–H and O–H groups in total. The maximum Gasteiger partial charge on any atom is 0.225 e. The second kappa shape index (κ2) is 8.55. The van der Waals surface area contributed by atoms with Gasteiger partial charge < -0.3 is 10.6 Å². The van der Waals surface area contributed by atoms with Gasteiger partial charge in [0, 0.05) is 33.7 Å². The lowest BCUT2D eigenvalue weighted by Gasteiger charge is -2.11. The van der Waals surface area contributed by atoms with Crippen molar-refractivity contribution in [3.05, 3.63) is 47.5 Å². The zero-order valence-electron chi connectivity index (χ0n) is 15.1. The molecule has 1 aliphatic heterocycles. The van der Waals surface area contributed by atoms with Crippen LogP contribution in [0.3, 0.4) is 0 Å². The van der Waals surface area contributed by atoms with E-state index < -0.39 is 15.7 Å². The van der Waals surface area contributed by atoms with Crippen molar-refractivity contribution < 1.29 is 18.0 Å². The van der Waals surface area contributed by atoms with Crippen molar-refractivity contribution in [2.45, 2.75) is 34.8 Å². The van der Waals surface area contributed by atoms with E-state index in [-0.39, 0.29) is 28.2 Å². The Hall–Kier alpha value is -2.03. The van der Waals surface area contributed by atoms with E-state index in [0.29, 0.717) is 22.8 Å². The molecule has 2 amide bonds. The maximum atomic E-state index is 12.6. The van der Waals surface area contributed by atoms with Gasteiger partial charge in [-0.1, -0.05) is 24.6 Å². The van der Waals surface area contributed by atoms with Crippen LogP contribution in [0.4, 0.5) is 11.4 Å². The minimum Gasteiger partial charge on any atom is -0.326 e. The molecule has 1 unspecified atom stereocenters. The Kier molecular flexibility index (Phi) is 6.32. The summed E-state index contributed by atoms with van der Waals surface area (Å²) in [5, 5.41) is 5.97. The lowest BCUT2D eigenvalue weighted by molar-refractivity contribution is -0.116. The summed E-state index contributed by atoms with van der Waals surface area (Å²) in [7, 11) is -3.68. The van der Waals surface area contributed by atoms with Gasteiger partial charge in [0.2, 0.25) is 11.8 Å². The van der Waals surface area contributed by atoms with Crippen LogP contribution in [0.1, 0.15) is 19.8 Å². The molecular formula is C19H19ClN2O4S2. The number of fused-ring (bicyclic) bond motifs is 1.